The van der Waals surface area contributed by atoms with Gasteiger partial charge >= 0.3 is 0 Å². The maximum absolute atomic E-state index is 11.0. The van der Waals surface area contributed by atoms with Gasteiger partial charge < -0.3 is 10.3 Å². The number of nitrogens with two attached hydrogens (primary N) is 1. The molecule has 0 aliphatic carbocycles. The predicted molar refractivity (Wildman–Crippen MR) is 78.3 cm³/mol. The fourth-order valence-electron chi connectivity index (χ4n) is 2.47. The van der Waals surface area contributed by atoms with Crippen LogP contribution >= 0.6 is 0 Å². The summed E-state index contributed by atoms with van der Waals surface area (Å²) < 4.78 is 0. The van der Waals surface area contributed by atoms with Crippen molar-refractivity contribution in [3.63, 3.8) is 0 Å². The second-order valence-electron chi connectivity index (χ2n) is 5.32. The summed E-state index contributed by atoms with van der Waals surface area (Å²) in [4.78, 5) is 15.2. The minimum absolute atomic E-state index is 0.0205. The van der Waals surface area contributed by atoms with E-state index in [9.17, 15) is 10.1 Å². The van der Waals surface area contributed by atoms with Gasteiger partial charge in [-0.2, -0.15) is 0 Å². The number of piperazine rings is 1. The molecular formula is C13H21N5O2. The van der Waals surface area contributed by atoms with Crippen LogP contribution in [-0.4, -0.2) is 47.4 Å². The maximum Gasteiger partial charge on any atom is 0.293 e. The van der Waals surface area contributed by atoms with Crippen molar-refractivity contribution in [2.45, 2.75) is 19.5 Å². The number of nitrogens with one attached hydrogen (secondary N) is 1. The Morgan fingerprint density at radius 1 is 1.50 bits per heavy atom. The summed E-state index contributed by atoms with van der Waals surface area (Å²) in [5.74, 6) is 5.29. The van der Waals surface area contributed by atoms with Crippen LogP contribution in [-0.2, 0) is 6.54 Å². The van der Waals surface area contributed by atoms with E-state index in [-0.39, 0.29) is 5.69 Å². The van der Waals surface area contributed by atoms with Crippen molar-refractivity contribution >= 4 is 11.4 Å². The van der Waals surface area contributed by atoms with Gasteiger partial charge in [0, 0.05) is 38.3 Å². The van der Waals surface area contributed by atoms with Crippen LogP contribution in [0.2, 0.25) is 0 Å². The Kier molecular flexibility index (Phi) is 4.53. The zero-order valence-corrected chi connectivity index (χ0v) is 11.9. The zero-order chi connectivity index (χ0) is 14.7. The largest absolute Gasteiger partial charge is 0.318 e. The first kappa shape index (κ1) is 14.7. The molecular weight excluding hydrogens is 258 g/mol. The lowest BCUT2D eigenvalue weighted by Crippen LogP contribution is -2.49. The molecule has 110 valence electrons. The van der Waals surface area contributed by atoms with Crippen molar-refractivity contribution in [1.29, 1.82) is 0 Å². The minimum atomic E-state index is -0.411. The average molecular weight is 279 g/mol. The lowest BCUT2D eigenvalue weighted by atomic mass is 10.1. The molecule has 7 heteroatoms. The SMILES string of the molecule is CC1CN(Cc2ccc(NN)c([N+](=O)[O-])c2)CCN1C. The second kappa shape index (κ2) is 6.17. The number of likely N-dealkylation sites (N-methyl/N-ethyl adjacent to an activating group) is 1. The molecule has 1 aliphatic heterocycles. The number of benzene rings is 1. The molecule has 1 saturated heterocycles. The molecule has 20 heavy (non-hydrogen) atoms. The van der Waals surface area contributed by atoms with E-state index in [0.717, 1.165) is 31.7 Å². The summed E-state index contributed by atoms with van der Waals surface area (Å²) in [5, 5.41) is 11.0. The molecule has 1 fully saturated rings. The molecule has 1 heterocycles. The average Bonchev–Trinajstić information content (AvgIpc) is 2.43. The number of rotatable bonds is 4. The van der Waals surface area contributed by atoms with E-state index >= 15 is 0 Å². The Hall–Kier alpha value is -1.70. The van der Waals surface area contributed by atoms with Crippen molar-refractivity contribution in [2.24, 2.45) is 5.84 Å². The van der Waals surface area contributed by atoms with Gasteiger partial charge in [-0.1, -0.05) is 6.07 Å². The number of nitrogens with zero attached hydrogens (tertiary/aromatic N) is 3. The normalized spacial score (nSPS) is 20.9. The van der Waals surface area contributed by atoms with E-state index < -0.39 is 4.92 Å². The van der Waals surface area contributed by atoms with Crippen LogP contribution in [0.4, 0.5) is 11.4 Å². The third kappa shape index (κ3) is 3.24. The third-order valence-corrected chi connectivity index (χ3v) is 3.86. The van der Waals surface area contributed by atoms with Gasteiger partial charge in [0.2, 0.25) is 0 Å². The van der Waals surface area contributed by atoms with Crippen molar-refractivity contribution in [2.75, 3.05) is 32.1 Å². The summed E-state index contributed by atoms with van der Waals surface area (Å²) in [6.07, 6.45) is 0. The number of hydrazine groups is 1. The van der Waals surface area contributed by atoms with Gasteiger partial charge in [-0.3, -0.25) is 20.9 Å². The first-order valence-electron chi connectivity index (χ1n) is 6.67. The highest BCUT2D eigenvalue weighted by atomic mass is 16.6. The molecule has 0 radical (unpaired) electrons. The van der Waals surface area contributed by atoms with Gasteiger partial charge in [0.05, 0.1) is 4.92 Å². The van der Waals surface area contributed by atoms with Crippen LogP contribution in [0, 0.1) is 10.1 Å². The molecule has 0 amide bonds. The number of nitro benzene ring substituents is 1. The molecule has 1 unspecified atom stereocenters. The molecule has 2 rings (SSSR count). The van der Waals surface area contributed by atoms with E-state index in [0.29, 0.717) is 11.7 Å². The number of hydrogen-bond acceptors (Lipinski definition) is 6. The minimum Gasteiger partial charge on any atom is -0.318 e. The van der Waals surface area contributed by atoms with Crippen molar-refractivity contribution in [3.8, 4) is 0 Å². The fraction of sp³-hybridized carbons (Fsp3) is 0.538. The summed E-state index contributed by atoms with van der Waals surface area (Å²) in [5.41, 5.74) is 3.66. The predicted octanol–water partition coefficient (Wildman–Crippen LogP) is 1.02. The Balaban J connectivity index is 2.10. The number of hydrogen-bond donors (Lipinski definition) is 2. The van der Waals surface area contributed by atoms with Crippen molar-refractivity contribution in [3.05, 3.63) is 33.9 Å². The molecule has 7 nitrogen and oxygen atoms in total. The molecule has 1 aromatic carbocycles. The Morgan fingerprint density at radius 3 is 2.85 bits per heavy atom. The van der Waals surface area contributed by atoms with Crippen LogP contribution in [0.5, 0.6) is 0 Å². The highest BCUT2D eigenvalue weighted by Gasteiger charge is 2.21. The van der Waals surface area contributed by atoms with E-state index in [1.807, 2.05) is 6.07 Å². The lowest BCUT2D eigenvalue weighted by molar-refractivity contribution is -0.384. The number of nitro groups is 1. The van der Waals surface area contributed by atoms with Gasteiger partial charge in [0.1, 0.15) is 5.69 Å². The van der Waals surface area contributed by atoms with E-state index in [2.05, 4.69) is 29.2 Å². The van der Waals surface area contributed by atoms with Gasteiger partial charge in [-0.25, -0.2) is 0 Å². The first-order valence-corrected chi connectivity index (χ1v) is 6.67. The zero-order valence-electron chi connectivity index (χ0n) is 11.9. The Bertz CT molecular complexity index is 494. The molecule has 0 saturated carbocycles. The second-order valence-corrected chi connectivity index (χ2v) is 5.32. The maximum atomic E-state index is 11.0. The summed E-state index contributed by atoms with van der Waals surface area (Å²) in [7, 11) is 2.12. The van der Waals surface area contributed by atoms with Gasteiger partial charge in [-0.05, 0) is 25.6 Å². The van der Waals surface area contributed by atoms with E-state index in [1.165, 1.54) is 0 Å². The van der Waals surface area contributed by atoms with Crippen LogP contribution in [0.15, 0.2) is 18.2 Å². The quantitative estimate of drug-likeness (QED) is 0.486. The van der Waals surface area contributed by atoms with Crippen molar-refractivity contribution < 1.29 is 4.92 Å². The monoisotopic (exact) mass is 279 g/mol. The molecule has 1 aromatic rings. The Morgan fingerprint density at radius 2 is 2.25 bits per heavy atom. The van der Waals surface area contributed by atoms with Crippen molar-refractivity contribution in [1.82, 2.24) is 9.80 Å². The van der Waals surface area contributed by atoms with E-state index in [1.54, 1.807) is 12.1 Å². The molecule has 3 N–H and O–H groups in total. The lowest BCUT2D eigenvalue weighted by Gasteiger charge is -2.37. The third-order valence-electron chi connectivity index (χ3n) is 3.86. The van der Waals surface area contributed by atoms with Crippen LogP contribution in [0.3, 0.4) is 0 Å². The molecule has 1 aliphatic rings. The van der Waals surface area contributed by atoms with Crippen LogP contribution in [0.1, 0.15) is 12.5 Å². The van der Waals surface area contributed by atoms with E-state index in [4.69, 9.17) is 5.84 Å². The topological polar surface area (TPSA) is 87.7 Å². The molecule has 0 aromatic heterocycles. The highest BCUT2D eigenvalue weighted by molar-refractivity contribution is 5.61. The summed E-state index contributed by atoms with van der Waals surface area (Å²) in [6.45, 7) is 5.89. The molecule has 0 bridgehead atoms. The summed E-state index contributed by atoms with van der Waals surface area (Å²) >= 11 is 0. The van der Waals surface area contributed by atoms with Gasteiger partial charge in [0.15, 0.2) is 0 Å². The number of anilines is 1. The Labute approximate surface area is 118 Å². The first-order chi connectivity index (χ1) is 9.51. The van der Waals surface area contributed by atoms with Gasteiger partial charge in [-0.15, -0.1) is 0 Å². The molecule has 0 spiro atoms. The highest BCUT2D eigenvalue weighted by Crippen LogP contribution is 2.25. The van der Waals surface area contributed by atoms with Crippen LogP contribution in [0.25, 0.3) is 0 Å². The van der Waals surface area contributed by atoms with Crippen LogP contribution < -0.4 is 11.3 Å². The standard InChI is InChI=1S/C13H21N5O2/c1-10-8-17(6-5-16(10)2)9-11-3-4-12(15-14)13(7-11)18(19)20/h3-4,7,10,15H,5-6,8-9,14H2,1-2H3. The van der Waals surface area contributed by atoms with Gasteiger partial charge in [0.25, 0.3) is 5.69 Å². The smallest absolute Gasteiger partial charge is 0.293 e. The fourth-order valence-corrected chi connectivity index (χ4v) is 2.47. The number of nitrogen functional groups attached to an aromatic ring is 1. The summed E-state index contributed by atoms with van der Waals surface area (Å²) in [6, 6.07) is 5.64. The molecule has 1 atom stereocenters.